The van der Waals surface area contributed by atoms with Crippen LogP contribution in [0.3, 0.4) is 0 Å². The average Bonchev–Trinajstić information content (AvgIpc) is 3.09. The van der Waals surface area contributed by atoms with Crippen molar-refractivity contribution in [2.45, 2.75) is 32.9 Å². The fraction of sp³-hybridized carbons (Fsp3) is 0.533. The third kappa shape index (κ3) is 2.15. The van der Waals surface area contributed by atoms with E-state index in [1.165, 1.54) is 29.5 Å². The van der Waals surface area contributed by atoms with E-state index in [9.17, 15) is 4.79 Å². The van der Waals surface area contributed by atoms with Crippen molar-refractivity contribution >= 4 is 5.91 Å². The number of benzene rings is 1. The Morgan fingerprint density at radius 1 is 1.33 bits per heavy atom. The fourth-order valence-corrected chi connectivity index (χ4v) is 2.66. The maximum atomic E-state index is 12.0. The molecule has 1 saturated heterocycles. The molecule has 2 fully saturated rings. The lowest BCUT2D eigenvalue weighted by Crippen LogP contribution is -2.32. The van der Waals surface area contributed by atoms with Crippen molar-refractivity contribution in [3.05, 3.63) is 34.9 Å². The highest BCUT2D eigenvalue weighted by atomic mass is 16.2. The second-order valence-electron chi connectivity index (χ2n) is 5.63. The van der Waals surface area contributed by atoms with Crippen molar-refractivity contribution in [1.82, 2.24) is 10.2 Å². The molecule has 3 heteroatoms. The van der Waals surface area contributed by atoms with Crippen molar-refractivity contribution < 1.29 is 4.79 Å². The molecule has 3 rings (SSSR count). The van der Waals surface area contributed by atoms with Crippen LogP contribution in [-0.2, 0) is 4.79 Å². The van der Waals surface area contributed by atoms with Crippen molar-refractivity contribution in [1.29, 1.82) is 0 Å². The summed E-state index contributed by atoms with van der Waals surface area (Å²) in [5.74, 6) is 0.981. The van der Waals surface area contributed by atoms with Crippen molar-refractivity contribution in [2.75, 3.05) is 13.1 Å². The molecule has 0 spiro atoms. The van der Waals surface area contributed by atoms with Gasteiger partial charge in [0.1, 0.15) is 6.17 Å². The number of hydrogen-bond donors (Lipinski definition) is 1. The number of nitrogens with one attached hydrogen (secondary N) is 1. The first-order valence-corrected chi connectivity index (χ1v) is 6.75. The van der Waals surface area contributed by atoms with Gasteiger partial charge in [-0.05, 0) is 43.7 Å². The van der Waals surface area contributed by atoms with Gasteiger partial charge in [0.2, 0.25) is 5.91 Å². The predicted octanol–water partition coefficient (Wildman–Crippen LogP) is 2.14. The van der Waals surface area contributed by atoms with Crippen LogP contribution in [0, 0.1) is 19.8 Å². The van der Waals surface area contributed by atoms with Crippen LogP contribution in [0.1, 0.15) is 35.7 Å². The van der Waals surface area contributed by atoms with Crippen molar-refractivity contribution in [3.63, 3.8) is 0 Å². The molecule has 1 aliphatic heterocycles. The van der Waals surface area contributed by atoms with Gasteiger partial charge in [-0.3, -0.25) is 10.1 Å². The summed E-state index contributed by atoms with van der Waals surface area (Å²) in [7, 11) is 0. The van der Waals surface area contributed by atoms with E-state index in [-0.39, 0.29) is 12.1 Å². The summed E-state index contributed by atoms with van der Waals surface area (Å²) in [6.45, 7) is 5.62. The fourth-order valence-electron chi connectivity index (χ4n) is 2.66. The summed E-state index contributed by atoms with van der Waals surface area (Å²) in [6, 6.07) is 6.47. The Labute approximate surface area is 108 Å². The topological polar surface area (TPSA) is 32.3 Å². The Morgan fingerprint density at radius 3 is 2.83 bits per heavy atom. The molecule has 0 bridgehead atoms. The predicted molar refractivity (Wildman–Crippen MR) is 71.1 cm³/mol. The number of amides is 1. The molecule has 1 amide bonds. The van der Waals surface area contributed by atoms with E-state index in [0.717, 1.165) is 12.5 Å². The van der Waals surface area contributed by atoms with Gasteiger partial charge in [0.05, 0.1) is 6.54 Å². The average molecular weight is 244 g/mol. The Bertz CT molecular complexity index is 479. The number of nitrogens with zero attached hydrogens (tertiary/aromatic N) is 1. The van der Waals surface area contributed by atoms with Gasteiger partial charge in [-0.1, -0.05) is 23.8 Å². The lowest BCUT2D eigenvalue weighted by Gasteiger charge is -2.26. The number of rotatable bonds is 3. The molecule has 0 aromatic heterocycles. The highest BCUT2D eigenvalue weighted by molar-refractivity contribution is 5.81. The molecule has 18 heavy (non-hydrogen) atoms. The molecule has 2 aliphatic rings. The van der Waals surface area contributed by atoms with Crippen LogP contribution in [-0.4, -0.2) is 23.9 Å². The van der Waals surface area contributed by atoms with Gasteiger partial charge in [-0.15, -0.1) is 0 Å². The van der Waals surface area contributed by atoms with Gasteiger partial charge in [0.25, 0.3) is 0 Å². The lowest BCUT2D eigenvalue weighted by atomic mass is 10.0. The summed E-state index contributed by atoms with van der Waals surface area (Å²) in [4.78, 5) is 14.0. The Balaban J connectivity index is 1.88. The van der Waals surface area contributed by atoms with E-state index in [2.05, 4.69) is 37.4 Å². The van der Waals surface area contributed by atoms with Gasteiger partial charge in [-0.25, -0.2) is 0 Å². The first-order valence-electron chi connectivity index (χ1n) is 6.75. The van der Waals surface area contributed by atoms with E-state index in [0.29, 0.717) is 6.54 Å². The number of hydrogen-bond acceptors (Lipinski definition) is 2. The molecule has 1 aliphatic carbocycles. The van der Waals surface area contributed by atoms with Gasteiger partial charge in [-0.2, -0.15) is 0 Å². The van der Waals surface area contributed by atoms with E-state index < -0.39 is 0 Å². The number of carbonyl (C=O) groups excluding carboxylic acids is 1. The van der Waals surface area contributed by atoms with E-state index >= 15 is 0 Å². The second kappa shape index (κ2) is 4.39. The maximum Gasteiger partial charge on any atom is 0.238 e. The molecular formula is C15H20N2O. The molecule has 1 atom stereocenters. The van der Waals surface area contributed by atoms with Crippen LogP contribution in [0.5, 0.6) is 0 Å². The number of aryl methyl sites for hydroxylation is 2. The molecule has 1 unspecified atom stereocenters. The lowest BCUT2D eigenvalue weighted by molar-refractivity contribution is -0.128. The quantitative estimate of drug-likeness (QED) is 0.883. The second-order valence-corrected chi connectivity index (χ2v) is 5.63. The zero-order valence-electron chi connectivity index (χ0n) is 11.1. The van der Waals surface area contributed by atoms with E-state index in [1.807, 2.05) is 4.90 Å². The Kier molecular flexibility index (Phi) is 2.86. The summed E-state index contributed by atoms with van der Waals surface area (Å²) in [6.07, 6.45) is 2.64. The normalized spacial score (nSPS) is 23.8. The van der Waals surface area contributed by atoms with E-state index in [1.54, 1.807) is 0 Å². The zero-order chi connectivity index (χ0) is 12.7. The van der Waals surface area contributed by atoms with Gasteiger partial charge in [0, 0.05) is 6.54 Å². The first-order chi connectivity index (χ1) is 8.65. The molecule has 3 nitrogen and oxygen atoms in total. The zero-order valence-corrected chi connectivity index (χ0v) is 11.1. The van der Waals surface area contributed by atoms with Crippen LogP contribution in [0.15, 0.2) is 18.2 Å². The molecular weight excluding hydrogens is 224 g/mol. The minimum Gasteiger partial charge on any atom is -0.322 e. The highest BCUT2D eigenvalue weighted by Gasteiger charge is 2.36. The molecule has 1 N–H and O–H groups in total. The Hall–Kier alpha value is -1.35. The molecule has 1 aromatic carbocycles. The Morgan fingerprint density at radius 2 is 2.11 bits per heavy atom. The molecule has 1 saturated carbocycles. The highest BCUT2D eigenvalue weighted by Crippen LogP contribution is 2.34. The SMILES string of the molecule is Cc1ccc(C)c(C2NCC(=O)N2CC2CC2)c1. The maximum absolute atomic E-state index is 12.0. The summed E-state index contributed by atoms with van der Waals surface area (Å²) < 4.78 is 0. The van der Waals surface area contributed by atoms with Crippen LogP contribution in [0.2, 0.25) is 0 Å². The largest absolute Gasteiger partial charge is 0.322 e. The summed E-state index contributed by atoms with van der Waals surface area (Å²) >= 11 is 0. The van der Waals surface area contributed by atoms with Gasteiger partial charge in [0.15, 0.2) is 0 Å². The first kappa shape index (κ1) is 11.7. The standard InChI is InChI=1S/C15H20N2O/c1-10-3-4-11(2)13(7-10)15-16-8-14(18)17(15)9-12-5-6-12/h3-4,7,12,15-16H,5-6,8-9H2,1-2H3. The minimum atomic E-state index is 0.0815. The molecule has 1 heterocycles. The van der Waals surface area contributed by atoms with E-state index in [4.69, 9.17) is 0 Å². The monoisotopic (exact) mass is 244 g/mol. The van der Waals surface area contributed by atoms with Crippen LogP contribution < -0.4 is 5.32 Å². The minimum absolute atomic E-state index is 0.0815. The van der Waals surface area contributed by atoms with Crippen LogP contribution in [0.4, 0.5) is 0 Å². The molecule has 1 aromatic rings. The third-order valence-electron chi connectivity index (χ3n) is 3.96. The molecule has 96 valence electrons. The molecule has 0 radical (unpaired) electrons. The summed E-state index contributed by atoms with van der Waals surface area (Å²) in [5.41, 5.74) is 3.76. The van der Waals surface area contributed by atoms with Crippen LogP contribution >= 0.6 is 0 Å². The smallest absolute Gasteiger partial charge is 0.238 e. The van der Waals surface area contributed by atoms with Crippen LogP contribution in [0.25, 0.3) is 0 Å². The van der Waals surface area contributed by atoms with Gasteiger partial charge < -0.3 is 4.90 Å². The summed E-state index contributed by atoms with van der Waals surface area (Å²) in [5, 5.41) is 3.35. The van der Waals surface area contributed by atoms with Crippen molar-refractivity contribution in [2.24, 2.45) is 5.92 Å². The van der Waals surface area contributed by atoms with Crippen molar-refractivity contribution in [3.8, 4) is 0 Å². The third-order valence-corrected chi connectivity index (χ3v) is 3.96. The number of carbonyl (C=O) groups is 1. The van der Waals surface area contributed by atoms with Gasteiger partial charge >= 0.3 is 0 Å².